The van der Waals surface area contributed by atoms with E-state index in [0.29, 0.717) is 22.6 Å². The molecule has 0 saturated carbocycles. The predicted molar refractivity (Wildman–Crippen MR) is 266 cm³/mol. The van der Waals surface area contributed by atoms with Crippen LogP contribution in [0.1, 0.15) is 165 Å². The van der Waals surface area contributed by atoms with Crippen LogP contribution in [0.25, 0.3) is 44.6 Å². The molecule has 4 aromatic carbocycles. The molecule has 65 heavy (non-hydrogen) atoms. The van der Waals surface area contributed by atoms with Gasteiger partial charge >= 0.3 is 0 Å². The van der Waals surface area contributed by atoms with Gasteiger partial charge in [0.1, 0.15) is 34.2 Å². The number of rotatable bonds is 4. The molecule has 0 atom stereocenters. The Kier molecular flexibility index (Phi) is 17.6. The first kappa shape index (κ1) is 47.5. The fraction of sp³-hybridized carbons (Fsp3) is 0.474. The fourth-order valence-electron chi connectivity index (χ4n) is 9.57. The van der Waals surface area contributed by atoms with E-state index in [1.807, 2.05) is 48.5 Å². The van der Waals surface area contributed by atoms with Crippen LogP contribution in [-0.2, 0) is 12.8 Å². The SMILES string of the molecule is CNC(=O)c1c(-c2ccc(C)cc2)oc2ccc3c(c12)CCCCCCCCCCCCO3.CNC(=O)c1c(-c2ccc(C)cc2)oc2ccc3c(c12)CCCCCCCCCCCO3. The largest absolute Gasteiger partial charge is 0.493 e. The third kappa shape index (κ3) is 12.2. The van der Waals surface area contributed by atoms with Crippen molar-refractivity contribution in [2.45, 2.75) is 149 Å². The first-order valence-corrected chi connectivity index (χ1v) is 24.9. The van der Waals surface area contributed by atoms with Crippen molar-refractivity contribution in [1.29, 1.82) is 0 Å². The molecule has 0 unspecified atom stereocenters. The number of carbonyl (C=O) groups excluding carboxylic acids is 2. The van der Waals surface area contributed by atoms with E-state index in [-0.39, 0.29) is 11.8 Å². The van der Waals surface area contributed by atoms with Crippen molar-refractivity contribution in [1.82, 2.24) is 10.6 Å². The summed E-state index contributed by atoms with van der Waals surface area (Å²) in [6, 6.07) is 24.3. The molecule has 0 bridgehead atoms. The standard InChI is InChI=1S/C29H37NO3.C28H35NO3/c1-21-14-16-22(17-15-21)28-27(29(31)30-2)26-23-13-11-9-7-5-3-4-6-8-10-12-20-32-24(23)18-19-25(26)33-28;1-20-13-15-21(16-14-20)27-26(28(30)29-2)25-22-12-10-8-6-4-3-5-7-9-11-19-31-23(22)17-18-24(25)32-27/h14-19H,3-13,20H2,1-2H3,(H,30,31);13-18H,3-12,19H2,1-2H3,(H,29,30). The van der Waals surface area contributed by atoms with Gasteiger partial charge in [0.15, 0.2) is 0 Å². The highest BCUT2D eigenvalue weighted by Crippen LogP contribution is 2.42. The number of aryl methyl sites for hydroxylation is 4. The van der Waals surface area contributed by atoms with Gasteiger partial charge in [0.25, 0.3) is 11.8 Å². The molecule has 2 N–H and O–H groups in total. The van der Waals surface area contributed by atoms with Gasteiger partial charge in [-0.15, -0.1) is 0 Å². The van der Waals surface area contributed by atoms with Crippen LogP contribution in [0.5, 0.6) is 11.5 Å². The van der Waals surface area contributed by atoms with Crippen molar-refractivity contribution in [2.24, 2.45) is 0 Å². The molecule has 0 fully saturated rings. The summed E-state index contributed by atoms with van der Waals surface area (Å²) in [6.07, 6.45) is 25.4. The number of amides is 2. The first-order valence-electron chi connectivity index (χ1n) is 24.9. The number of benzene rings is 4. The zero-order chi connectivity index (χ0) is 45.4. The van der Waals surface area contributed by atoms with E-state index in [2.05, 4.69) is 48.7 Å². The van der Waals surface area contributed by atoms with Gasteiger partial charge in [0, 0.05) is 47.1 Å². The maximum Gasteiger partial charge on any atom is 0.255 e. The predicted octanol–water partition coefficient (Wildman–Crippen LogP) is 14.8. The number of furan rings is 2. The minimum atomic E-state index is -0.118. The number of carbonyl (C=O) groups is 2. The van der Waals surface area contributed by atoms with Crippen molar-refractivity contribution in [3.05, 3.63) is 106 Å². The lowest BCUT2D eigenvalue weighted by atomic mass is 9.96. The molecule has 8 heteroatoms. The lowest BCUT2D eigenvalue weighted by molar-refractivity contribution is 0.0956. The Morgan fingerprint density at radius 1 is 0.415 bits per heavy atom. The lowest BCUT2D eigenvalue weighted by Gasteiger charge is -2.14. The summed E-state index contributed by atoms with van der Waals surface area (Å²) in [5, 5.41) is 7.49. The molecule has 2 aromatic heterocycles. The van der Waals surface area contributed by atoms with Crippen LogP contribution >= 0.6 is 0 Å². The van der Waals surface area contributed by atoms with Gasteiger partial charge < -0.3 is 28.9 Å². The summed E-state index contributed by atoms with van der Waals surface area (Å²) in [4.78, 5) is 26.2. The van der Waals surface area contributed by atoms with Crippen LogP contribution in [0.15, 0.2) is 81.6 Å². The number of fused-ring (bicyclic) bond motifs is 6. The lowest BCUT2D eigenvalue weighted by Crippen LogP contribution is -2.18. The summed E-state index contributed by atoms with van der Waals surface area (Å²) >= 11 is 0. The van der Waals surface area contributed by atoms with Crippen molar-refractivity contribution in [2.75, 3.05) is 27.3 Å². The van der Waals surface area contributed by atoms with Gasteiger partial charge in [0.05, 0.1) is 24.3 Å². The molecule has 4 heterocycles. The van der Waals surface area contributed by atoms with E-state index < -0.39 is 0 Å². The zero-order valence-corrected chi connectivity index (χ0v) is 39.6. The van der Waals surface area contributed by atoms with Crippen LogP contribution < -0.4 is 20.1 Å². The Hall–Kier alpha value is -5.50. The third-order valence-electron chi connectivity index (χ3n) is 13.3. The molecule has 2 aliphatic heterocycles. The Morgan fingerprint density at radius 2 is 0.738 bits per heavy atom. The van der Waals surface area contributed by atoms with Crippen LogP contribution in [0, 0.1) is 13.8 Å². The average molecular weight is 881 g/mol. The van der Waals surface area contributed by atoms with Gasteiger partial charge in [-0.2, -0.15) is 0 Å². The Balaban J connectivity index is 0.000000194. The maximum atomic E-state index is 13.1. The van der Waals surface area contributed by atoms with E-state index in [9.17, 15) is 9.59 Å². The smallest absolute Gasteiger partial charge is 0.255 e. The molecular formula is C57H72N2O6. The topological polar surface area (TPSA) is 103 Å². The minimum absolute atomic E-state index is 0.117. The van der Waals surface area contributed by atoms with Gasteiger partial charge in [-0.25, -0.2) is 0 Å². The van der Waals surface area contributed by atoms with Gasteiger partial charge in [-0.1, -0.05) is 156 Å². The summed E-state index contributed by atoms with van der Waals surface area (Å²) in [6.45, 7) is 5.56. The van der Waals surface area contributed by atoms with Crippen molar-refractivity contribution >= 4 is 33.8 Å². The van der Waals surface area contributed by atoms with Crippen LogP contribution in [0.3, 0.4) is 0 Å². The second-order valence-corrected chi connectivity index (χ2v) is 18.2. The van der Waals surface area contributed by atoms with Crippen LogP contribution in [0.4, 0.5) is 0 Å². The quantitative estimate of drug-likeness (QED) is 0.183. The summed E-state index contributed by atoms with van der Waals surface area (Å²) in [7, 11) is 3.36. The van der Waals surface area contributed by atoms with Gasteiger partial charge in [0.2, 0.25) is 0 Å². The first-order chi connectivity index (χ1) is 31.9. The number of hydrogen-bond acceptors (Lipinski definition) is 6. The fourth-order valence-corrected chi connectivity index (χ4v) is 9.57. The van der Waals surface area contributed by atoms with Crippen LogP contribution in [0.2, 0.25) is 0 Å². The molecule has 0 saturated heterocycles. The van der Waals surface area contributed by atoms with E-state index in [1.165, 1.54) is 107 Å². The average Bonchev–Trinajstić information content (AvgIpc) is 3.91. The second kappa shape index (κ2) is 24.1. The minimum Gasteiger partial charge on any atom is -0.493 e. The van der Waals surface area contributed by atoms with Gasteiger partial charge in [-0.3, -0.25) is 9.59 Å². The third-order valence-corrected chi connectivity index (χ3v) is 13.3. The molecule has 0 aliphatic carbocycles. The number of hydrogen-bond donors (Lipinski definition) is 2. The summed E-state index contributed by atoms with van der Waals surface area (Å²) in [5.41, 5.74) is 9.16. The molecule has 0 spiro atoms. The second-order valence-electron chi connectivity index (χ2n) is 18.2. The van der Waals surface area contributed by atoms with E-state index in [1.54, 1.807) is 14.1 Å². The number of ether oxygens (including phenoxy) is 2. The molecule has 8 rings (SSSR count). The summed E-state index contributed by atoms with van der Waals surface area (Å²) in [5.74, 6) is 2.83. The summed E-state index contributed by atoms with van der Waals surface area (Å²) < 4.78 is 25.2. The van der Waals surface area contributed by atoms with E-state index >= 15 is 0 Å². The number of nitrogens with one attached hydrogen (secondary N) is 2. The Labute approximate surface area is 387 Å². The Morgan fingerprint density at radius 3 is 1.08 bits per heavy atom. The van der Waals surface area contributed by atoms with E-state index in [4.69, 9.17) is 18.3 Å². The van der Waals surface area contributed by atoms with E-state index in [0.717, 1.165) is 107 Å². The van der Waals surface area contributed by atoms with Crippen LogP contribution in [-0.4, -0.2) is 39.1 Å². The van der Waals surface area contributed by atoms with Crippen molar-refractivity contribution in [3.63, 3.8) is 0 Å². The normalized spacial score (nSPS) is 16.2. The zero-order valence-electron chi connectivity index (χ0n) is 39.6. The molecule has 0 radical (unpaired) electrons. The van der Waals surface area contributed by atoms with Gasteiger partial charge in [-0.05, 0) is 76.6 Å². The van der Waals surface area contributed by atoms with Crippen molar-refractivity contribution in [3.8, 4) is 34.1 Å². The molecule has 8 nitrogen and oxygen atoms in total. The Bertz CT molecular complexity index is 2460. The molecule has 2 aliphatic rings. The maximum absolute atomic E-state index is 13.1. The molecule has 2 amide bonds. The molecule has 6 aromatic rings. The monoisotopic (exact) mass is 881 g/mol. The highest BCUT2D eigenvalue weighted by Gasteiger charge is 2.27. The van der Waals surface area contributed by atoms with Crippen molar-refractivity contribution < 1.29 is 27.9 Å². The molecular weight excluding hydrogens is 809 g/mol. The highest BCUT2D eigenvalue weighted by atomic mass is 16.5. The highest BCUT2D eigenvalue weighted by molar-refractivity contribution is 6.13. The molecule has 346 valence electrons.